The van der Waals surface area contributed by atoms with E-state index in [2.05, 4.69) is 13.8 Å². The third-order valence-corrected chi connectivity index (χ3v) is 4.73. The van der Waals surface area contributed by atoms with Gasteiger partial charge in [0.2, 0.25) is 5.91 Å². The summed E-state index contributed by atoms with van der Waals surface area (Å²) in [5, 5.41) is 0.562. The van der Waals surface area contributed by atoms with E-state index in [-0.39, 0.29) is 24.4 Å². The van der Waals surface area contributed by atoms with Gasteiger partial charge in [-0.1, -0.05) is 13.8 Å². The molecule has 1 amide bonds. The average Bonchev–Trinajstić information content (AvgIpc) is 2.35. The number of halogens is 1. The fourth-order valence-electron chi connectivity index (χ4n) is 1.89. The third kappa shape index (κ3) is 5.34. The number of rotatable bonds is 5. The Morgan fingerprint density at radius 1 is 1.56 bits per heavy atom. The summed E-state index contributed by atoms with van der Waals surface area (Å²) in [5.41, 5.74) is 5.54. The Balaban J connectivity index is 0.00000289. The molecule has 2 atom stereocenters. The molecule has 2 unspecified atom stereocenters. The molecule has 1 heterocycles. The first-order valence-corrected chi connectivity index (χ1v) is 7.25. The van der Waals surface area contributed by atoms with Crippen LogP contribution in [-0.2, 0) is 9.53 Å². The van der Waals surface area contributed by atoms with Gasteiger partial charge in [0.25, 0.3) is 0 Å². The van der Waals surface area contributed by atoms with Crippen LogP contribution in [0, 0.1) is 5.92 Å². The number of hydrogen-bond acceptors (Lipinski definition) is 4. The predicted octanol–water partition coefficient (Wildman–Crippen LogP) is 1.37. The smallest absolute Gasteiger partial charge is 0.225 e. The van der Waals surface area contributed by atoms with E-state index >= 15 is 0 Å². The highest BCUT2D eigenvalue weighted by atomic mass is 35.5. The molecule has 1 fully saturated rings. The fraction of sp³-hybridized carbons (Fsp3) is 0.917. The van der Waals surface area contributed by atoms with Crippen molar-refractivity contribution in [3.8, 4) is 0 Å². The Morgan fingerprint density at radius 2 is 2.22 bits per heavy atom. The number of thioether (sulfide) groups is 1. The molecule has 0 aliphatic carbocycles. The van der Waals surface area contributed by atoms with Crippen LogP contribution < -0.4 is 5.73 Å². The van der Waals surface area contributed by atoms with Crippen molar-refractivity contribution >= 4 is 30.1 Å². The number of amides is 1. The summed E-state index contributed by atoms with van der Waals surface area (Å²) in [6, 6.07) is 0. The van der Waals surface area contributed by atoms with Gasteiger partial charge in [-0.2, -0.15) is 11.8 Å². The first-order valence-electron chi connectivity index (χ1n) is 6.20. The standard InChI is InChI=1S/C12H24N2O2S.ClH/c1-9(2)11-8-14(4-5-17-11)12(15)6-10(7-13)16-3;/h9-11H,4-8,13H2,1-3H3;1H. The van der Waals surface area contributed by atoms with Crippen LogP contribution in [0.15, 0.2) is 0 Å². The van der Waals surface area contributed by atoms with Crippen molar-refractivity contribution in [2.45, 2.75) is 31.6 Å². The Labute approximate surface area is 120 Å². The van der Waals surface area contributed by atoms with E-state index in [0.717, 1.165) is 18.8 Å². The highest BCUT2D eigenvalue weighted by molar-refractivity contribution is 8.00. The Hall–Kier alpha value is 0.0300. The largest absolute Gasteiger partial charge is 0.380 e. The summed E-state index contributed by atoms with van der Waals surface area (Å²) in [6.07, 6.45) is 0.261. The number of carbonyl (C=O) groups excluding carboxylic acids is 1. The Kier molecular flexibility index (Phi) is 9.03. The molecule has 2 N–H and O–H groups in total. The zero-order valence-corrected chi connectivity index (χ0v) is 13.1. The lowest BCUT2D eigenvalue weighted by atomic mass is 10.1. The van der Waals surface area contributed by atoms with Crippen LogP contribution in [0.1, 0.15) is 20.3 Å². The lowest BCUT2D eigenvalue weighted by Gasteiger charge is -2.35. The van der Waals surface area contributed by atoms with Gasteiger partial charge in [0.15, 0.2) is 0 Å². The second-order valence-electron chi connectivity index (χ2n) is 4.79. The van der Waals surface area contributed by atoms with Gasteiger partial charge in [-0.3, -0.25) is 4.79 Å². The topological polar surface area (TPSA) is 55.6 Å². The molecule has 1 rings (SSSR count). The Bertz CT molecular complexity index is 250. The van der Waals surface area contributed by atoms with Crippen molar-refractivity contribution in [3.63, 3.8) is 0 Å². The van der Waals surface area contributed by atoms with E-state index in [4.69, 9.17) is 10.5 Å². The van der Waals surface area contributed by atoms with Crippen LogP contribution in [0.5, 0.6) is 0 Å². The molecule has 0 bridgehead atoms. The highest BCUT2D eigenvalue weighted by Crippen LogP contribution is 2.25. The molecule has 0 saturated carbocycles. The first-order chi connectivity index (χ1) is 8.08. The number of hydrogen-bond donors (Lipinski definition) is 1. The summed E-state index contributed by atoms with van der Waals surface area (Å²) >= 11 is 1.97. The normalized spacial score (nSPS) is 21.6. The second-order valence-corrected chi connectivity index (χ2v) is 6.14. The number of ether oxygens (including phenoxy) is 1. The van der Waals surface area contributed by atoms with Gasteiger partial charge in [0, 0.05) is 37.7 Å². The fourth-order valence-corrected chi connectivity index (χ4v) is 3.19. The molecular weight excluding hydrogens is 272 g/mol. The van der Waals surface area contributed by atoms with Crippen molar-refractivity contribution in [1.29, 1.82) is 0 Å². The van der Waals surface area contributed by atoms with Crippen molar-refractivity contribution in [1.82, 2.24) is 4.90 Å². The molecule has 0 spiro atoms. The molecule has 108 valence electrons. The highest BCUT2D eigenvalue weighted by Gasteiger charge is 2.27. The van der Waals surface area contributed by atoms with Gasteiger partial charge in [-0.15, -0.1) is 12.4 Å². The van der Waals surface area contributed by atoms with Crippen molar-refractivity contribution in [2.75, 3.05) is 32.5 Å². The van der Waals surface area contributed by atoms with Crippen LogP contribution in [0.25, 0.3) is 0 Å². The maximum Gasteiger partial charge on any atom is 0.225 e. The molecule has 6 heteroatoms. The van der Waals surface area contributed by atoms with Gasteiger partial charge < -0.3 is 15.4 Å². The van der Waals surface area contributed by atoms with Crippen LogP contribution in [0.3, 0.4) is 0 Å². The zero-order chi connectivity index (χ0) is 12.8. The van der Waals surface area contributed by atoms with Crippen molar-refractivity contribution < 1.29 is 9.53 Å². The second kappa shape index (κ2) is 9.02. The van der Waals surface area contributed by atoms with Gasteiger partial charge >= 0.3 is 0 Å². The van der Waals surface area contributed by atoms with Crippen molar-refractivity contribution in [2.24, 2.45) is 11.7 Å². The first kappa shape index (κ1) is 18.0. The van der Waals surface area contributed by atoms with E-state index in [1.54, 1.807) is 7.11 Å². The SMILES string of the molecule is COC(CN)CC(=O)N1CCSC(C(C)C)C1.Cl. The molecule has 18 heavy (non-hydrogen) atoms. The quantitative estimate of drug-likeness (QED) is 0.832. The van der Waals surface area contributed by atoms with E-state index in [9.17, 15) is 4.79 Å². The van der Waals surface area contributed by atoms with Gasteiger partial charge in [0.1, 0.15) is 0 Å². The molecule has 0 aromatic heterocycles. The van der Waals surface area contributed by atoms with Gasteiger partial charge in [0.05, 0.1) is 12.5 Å². The molecule has 1 saturated heterocycles. The zero-order valence-electron chi connectivity index (χ0n) is 11.4. The summed E-state index contributed by atoms with van der Waals surface area (Å²) in [6.45, 7) is 6.54. The molecule has 0 aromatic carbocycles. The lowest BCUT2D eigenvalue weighted by Crippen LogP contribution is -2.45. The molecule has 0 aromatic rings. The summed E-state index contributed by atoms with van der Waals surface area (Å²) < 4.78 is 5.16. The summed E-state index contributed by atoms with van der Waals surface area (Å²) in [7, 11) is 1.60. The van der Waals surface area contributed by atoms with E-state index in [1.807, 2.05) is 16.7 Å². The molecular formula is C12H25ClN2O2S. The monoisotopic (exact) mass is 296 g/mol. The Morgan fingerprint density at radius 3 is 2.72 bits per heavy atom. The number of nitrogens with two attached hydrogens (primary N) is 1. The molecule has 1 aliphatic rings. The van der Waals surface area contributed by atoms with Gasteiger partial charge in [-0.25, -0.2) is 0 Å². The van der Waals surface area contributed by atoms with E-state index in [0.29, 0.717) is 24.1 Å². The number of nitrogens with zero attached hydrogens (tertiary/aromatic N) is 1. The van der Waals surface area contributed by atoms with Crippen LogP contribution in [0.2, 0.25) is 0 Å². The summed E-state index contributed by atoms with van der Waals surface area (Å²) in [4.78, 5) is 14.0. The summed E-state index contributed by atoms with van der Waals surface area (Å²) in [5.74, 6) is 1.83. The van der Waals surface area contributed by atoms with Gasteiger partial charge in [-0.05, 0) is 5.92 Å². The number of carbonyl (C=O) groups is 1. The maximum atomic E-state index is 12.1. The molecule has 4 nitrogen and oxygen atoms in total. The van der Waals surface area contributed by atoms with E-state index in [1.165, 1.54) is 0 Å². The minimum Gasteiger partial charge on any atom is -0.380 e. The van der Waals surface area contributed by atoms with Crippen molar-refractivity contribution in [3.05, 3.63) is 0 Å². The van der Waals surface area contributed by atoms with E-state index < -0.39 is 0 Å². The predicted molar refractivity (Wildman–Crippen MR) is 79.4 cm³/mol. The lowest BCUT2D eigenvalue weighted by molar-refractivity contribution is -0.133. The number of methoxy groups -OCH3 is 1. The maximum absolute atomic E-state index is 12.1. The van der Waals surface area contributed by atoms with Crippen LogP contribution in [-0.4, -0.2) is 54.7 Å². The molecule has 1 aliphatic heterocycles. The van der Waals surface area contributed by atoms with Crippen LogP contribution in [0.4, 0.5) is 0 Å². The minimum absolute atomic E-state index is 0. The van der Waals surface area contributed by atoms with Crippen LogP contribution >= 0.6 is 24.2 Å². The third-order valence-electron chi connectivity index (χ3n) is 3.19. The molecule has 0 radical (unpaired) electrons. The minimum atomic E-state index is -0.144. The average molecular weight is 297 g/mol.